The standard InChI is InChI=1S/C18H19N5OS/c1-12-5-3-7-14(11-12)17-21-22-18(25)23(17)10-9-16(24)20-15-8-4-6-13(2)19-15/h3-8,11H,9-10H2,1-2H3,(H,22,25)(H,19,20,24). The first-order valence-corrected chi connectivity index (χ1v) is 8.39. The summed E-state index contributed by atoms with van der Waals surface area (Å²) in [5.41, 5.74) is 2.96. The number of hydrogen-bond acceptors (Lipinski definition) is 4. The van der Waals surface area contributed by atoms with E-state index in [1.807, 2.05) is 54.8 Å². The van der Waals surface area contributed by atoms with Gasteiger partial charge in [-0.25, -0.2) is 4.98 Å². The minimum absolute atomic E-state index is 0.114. The quantitative estimate of drug-likeness (QED) is 0.687. The number of nitrogens with one attached hydrogen (secondary N) is 2. The van der Waals surface area contributed by atoms with Crippen LogP contribution in [0.1, 0.15) is 17.7 Å². The Kier molecular flexibility index (Phi) is 5.04. The number of nitrogens with zero attached hydrogens (tertiary/aromatic N) is 3. The molecule has 2 aromatic heterocycles. The highest BCUT2D eigenvalue weighted by atomic mass is 32.1. The van der Waals surface area contributed by atoms with Gasteiger partial charge in [-0.05, 0) is 44.3 Å². The lowest BCUT2D eigenvalue weighted by atomic mass is 10.1. The second-order valence-corrected chi connectivity index (χ2v) is 6.22. The van der Waals surface area contributed by atoms with Crippen LogP contribution >= 0.6 is 12.2 Å². The SMILES string of the molecule is Cc1cccc(-c2n[nH]c(=S)n2CCC(=O)Nc2cccc(C)n2)c1. The number of aromatic amines is 1. The number of anilines is 1. The van der Waals surface area contributed by atoms with Crippen LogP contribution in [-0.2, 0) is 11.3 Å². The zero-order valence-corrected chi connectivity index (χ0v) is 14.9. The third kappa shape index (κ3) is 4.19. The molecule has 2 heterocycles. The third-order valence-corrected chi connectivity index (χ3v) is 4.06. The van der Waals surface area contributed by atoms with E-state index >= 15 is 0 Å². The Morgan fingerprint density at radius 2 is 2.04 bits per heavy atom. The molecule has 0 bridgehead atoms. The van der Waals surface area contributed by atoms with E-state index in [0.717, 1.165) is 22.6 Å². The Bertz CT molecular complexity index is 960. The van der Waals surface area contributed by atoms with Crippen LogP contribution in [0.25, 0.3) is 11.4 Å². The molecule has 0 saturated heterocycles. The van der Waals surface area contributed by atoms with Gasteiger partial charge in [0.1, 0.15) is 5.82 Å². The zero-order chi connectivity index (χ0) is 17.8. The van der Waals surface area contributed by atoms with Crippen molar-refractivity contribution in [1.82, 2.24) is 19.7 Å². The lowest BCUT2D eigenvalue weighted by molar-refractivity contribution is -0.116. The molecule has 0 unspecified atom stereocenters. The summed E-state index contributed by atoms with van der Waals surface area (Å²) in [5, 5.41) is 9.92. The molecule has 0 radical (unpaired) electrons. The van der Waals surface area contributed by atoms with E-state index in [-0.39, 0.29) is 12.3 Å². The number of amides is 1. The van der Waals surface area contributed by atoms with Crippen molar-refractivity contribution in [3.63, 3.8) is 0 Å². The van der Waals surface area contributed by atoms with E-state index in [2.05, 4.69) is 20.5 Å². The highest BCUT2D eigenvalue weighted by Gasteiger charge is 2.11. The molecule has 2 N–H and O–H groups in total. The minimum Gasteiger partial charge on any atom is -0.311 e. The van der Waals surface area contributed by atoms with Gasteiger partial charge >= 0.3 is 0 Å². The topological polar surface area (TPSA) is 75.6 Å². The molecule has 0 aliphatic carbocycles. The number of hydrogen-bond donors (Lipinski definition) is 2. The first-order chi connectivity index (χ1) is 12.0. The van der Waals surface area contributed by atoms with Crippen LogP contribution in [-0.4, -0.2) is 25.7 Å². The van der Waals surface area contributed by atoms with Crippen molar-refractivity contribution in [3.05, 3.63) is 58.5 Å². The van der Waals surface area contributed by atoms with Crippen molar-refractivity contribution < 1.29 is 4.79 Å². The second kappa shape index (κ2) is 7.40. The lowest BCUT2D eigenvalue weighted by Crippen LogP contribution is -2.16. The number of H-pyrrole nitrogens is 1. The van der Waals surface area contributed by atoms with Gasteiger partial charge in [-0.3, -0.25) is 14.5 Å². The molecule has 3 rings (SSSR count). The van der Waals surface area contributed by atoms with Crippen molar-refractivity contribution in [2.75, 3.05) is 5.32 Å². The molecule has 0 aliphatic rings. The fraction of sp³-hybridized carbons (Fsp3) is 0.222. The zero-order valence-electron chi connectivity index (χ0n) is 14.1. The molecule has 0 aliphatic heterocycles. The van der Waals surface area contributed by atoms with E-state index in [4.69, 9.17) is 12.2 Å². The number of carbonyl (C=O) groups excluding carboxylic acids is 1. The predicted octanol–water partition coefficient (Wildman–Crippen LogP) is 3.65. The van der Waals surface area contributed by atoms with E-state index in [9.17, 15) is 4.79 Å². The van der Waals surface area contributed by atoms with Gasteiger partial charge in [0.05, 0.1) is 0 Å². The Hall–Kier alpha value is -2.80. The molecule has 128 valence electrons. The molecular formula is C18H19N5OS. The maximum atomic E-state index is 12.2. The summed E-state index contributed by atoms with van der Waals surface area (Å²) in [7, 11) is 0. The number of aryl methyl sites for hydroxylation is 2. The van der Waals surface area contributed by atoms with Gasteiger partial charge in [-0.2, -0.15) is 5.10 Å². The van der Waals surface area contributed by atoms with E-state index in [0.29, 0.717) is 17.1 Å². The fourth-order valence-corrected chi connectivity index (χ4v) is 2.78. The normalized spacial score (nSPS) is 10.6. The second-order valence-electron chi connectivity index (χ2n) is 5.84. The number of aromatic nitrogens is 4. The van der Waals surface area contributed by atoms with Crippen molar-refractivity contribution in [2.24, 2.45) is 0 Å². The van der Waals surface area contributed by atoms with Crippen molar-refractivity contribution in [2.45, 2.75) is 26.8 Å². The van der Waals surface area contributed by atoms with Gasteiger partial charge in [0, 0.05) is 24.2 Å². The molecule has 25 heavy (non-hydrogen) atoms. The van der Waals surface area contributed by atoms with Crippen LogP contribution in [0.3, 0.4) is 0 Å². The van der Waals surface area contributed by atoms with Crippen LogP contribution in [0.5, 0.6) is 0 Å². The first kappa shape index (κ1) is 17.0. The van der Waals surface area contributed by atoms with Gasteiger partial charge < -0.3 is 5.32 Å². The van der Waals surface area contributed by atoms with Gasteiger partial charge in [0.25, 0.3) is 0 Å². The van der Waals surface area contributed by atoms with Crippen LogP contribution < -0.4 is 5.32 Å². The van der Waals surface area contributed by atoms with Crippen molar-refractivity contribution in [1.29, 1.82) is 0 Å². The highest BCUT2D eigenvalue weighted by Crippen LogP contribution is 2.19. The number of carbonyl (C=O) groups is 1. The van der Waals surface area contributed by atoms with E-state index in [1.165, 1.54) is 0 Å². The molecule has 0 saturated carbocycles. The fourth-order valence-electron chi connectivity index (χ4n) is 2.56. The summed E-state index contributed by atoms with van der Waals surface area (Å²) in [6, 6.07) is 13.5. The van der Waals surface area contributed by atoms with Crippen molar-refractivity contribution in [3.8, 4) is 11.4 Å². The summed E-state index contributed by atoms with van der Waals surface area (Å²) in [4.78, 5) is 16.5. The van der Waals surface area contributed by atoms with Gasteiger partial charge in [-0.15, -0.1) is 0 Å². The molecule has 0 spiro atoms. The van der Waals surface area contributed by atoms with Gasteiger partial charge in [0.2, 0.25) is 5.91 Å². The van der Waals surface area contributed by atoms with Gasteiger partial charge in [0.15, 0.2) is 10.6 Å². The smallest absolute Gasteiger partial charge is 0.227 e. The first-order valence-electron chi connectivity index (χ1n) is 7.99. The van der Waals surface area contributed by atoms with E-state index < -0.39 is 0 Å². The molecule has 7 heteroatoms. The van der Waals surface area contributed by atoms with Crippen LogP contribution in [0.4, 0.5) is 5.82 Å². The monoisotopic (exact) mass is 353 g/mol. The lowest BCUT2D eigenvalue weighted by Gasteiger charge is -2.08. The third-order valence-electron chi connectivity index (χ3n) is 3.75. The average Bonchev–Trinajstić information content (AvgIpc) is 2.94. The maximum absolute atomic E-state index is 12.2. The van der Waals surface area contributed by atoms with E-state index in [1.54, 1.807) is 6.07 Å². The minimum atomic E-state index is -0.114. The Morgan fingerprint density at radius 3 is 2.80 bits per heavy atom. The summed E-state index contributed by atoms with van der Waals surface area (Å²) in [6.45, 7) is 4.35. The molecule has 0 atom stereocenters. The highest BCUT2D eigenvalue weighted by molar-refractivity contribution is 7.71. The Morgan fingerprint density at radius 1 is 1.24 bits per heavy atom. The average molecular weight is 353 g/mol. The molecule has 3 aromatic rings. The van der Waals surface area contributed by atoms with Crippen LogP contribution in [0, 0.1) is 18.6 Å². The number of pyridine rings is 1. The maximum Gasteiger partial charge on any atom is 0.227 e. The predicted molar refractivity (Wildman–Crippen MR) is 99.8 cm³/mol. The van der Waals surface area contributed by atoms with Crippen molar-refractivity contribution >= 4 is 23.9 Å². The molecule has 0 fully saturated rings. The Balaban J connectivity index is 1.72. The summed E-state index contributed by atoms with van der Waals surface area (Å²) >= 11 is 5.31. The van der Waals surface area contributed by atoms with Crippen LogP contribution in [0.2, 0.25) is 0 Å². The summed E-state index contributed by atoms with van der Waals surface area (Å²) in [5.74, 6) is 1.17. The largest absolute Gasteiger partial charge is 0.311 e. The summed E-state index contributed by atoms with van der Waals surface area (Å²) < 4.78 is 2.34. The molecule has 1 amide bonds. The molecular weight excluding hydrogens is 334 g/mol. The summed E-state index contributed by atoms with van der Waals surface area (Å²) in [6.07, 6.45) is 0.280. The van der Waals surface area contributed by atoms with Crippen LogP contribution in [0.15, 0.2) is 42.5 Å². The Labute approximate surface area is 150 Å². The number of benzene rings is 1. The number of rotatable bonds is 5. The molecule has 1 aromatic carbocycles. The molecule has 6 nitrogen and oxygen atoms in total. The van der Waals surface area contributed by atoms with Gasteiger partial charge in [-0.1, -0.05) is 29.8 Å².